The van der Waals surface area contributed by atoms with Gasteiger partial charge in [0.2, 0.25) is 5.91 Å². The maximum atomic E-state index is 11.8. The number of hydrogen-bond acceptors (Lipinski definition) is 3. The number of rotatable bonds is 6. The Balaban J connectivity index is 0.00000324. The van der Waals surface area contributed by atoms with E-state index in [1.165, 1.54) is 0 Å². The number of carbonyl (C=O) groups excluding carboxylic acids is 1. The van der Waals surface area contributed by atoms with Gasteiger partial charge >= 0.3 is 0 Å². The molecule has 0 saturated carbocycles. The van der Waals surface area contributed by atoms with Crippen LogP contribution in [0.3, 0.4) is 0 Å². The van der Waals surface area contributed by atoms with E-state index in [9.17, 15) is 4.79 Å². The normalized spacial score (nSPS) is 13.3. The lowest BCUT2D eigenvalue weighted by Crippen LogP contribution is -2.33. The fourth-order valence-electron chi connectivity index (χ4n) is 1.60. The second-order valence-corrected chi connectivity index (χ2v) is 5.05. The van der Waals surface area contributed by atoms with E-state index in [0.717, 1.165) is 10.0 Å². The van der Waals surface area contributed by atoms with Gasteiger partial charge < -0.3 is 15.8 Å². The molecule has 108 valence electrons. The van der Waals surface area contributed by atoms with Crippen molar-refractivity contribution in [2.24, 2.45) is 5.73 Å². The molecule has 3 N–H and O–H groups in total. The van der Waals surface area contributed by atoms with Crippen molar-refractivity contribution >= 4 is 34.2 Å². The van der Waals surface area contributed by atoms with Crippen molar-refractivity contribution in [1.29, 1.82) is 0 Å². The number of ether oxygens (including phenoxy) is 1. The lowest BCUT2D eigenvalue weighted by Gasteiger charge is -2.17. The number of nitrogens with one attached hydrogen (secondary N) is 1. The van der Waals surface area contributed by atoms with E-state index in [2.05, 4.69) is 21.2 Å². The minimum absolute atomic E-state index is 0. The zero-order chi connectivity index (χ0) is 13.5. The first kappa shape index (κ1) is 18.4. The number of methoxy groups -OCH3 is 1. The summed E-state index contributed by atoms with van der Waals surface area (Å²) in [6.45, 7) is 2.29. The summed E-state index contributed by atoms with van der Waals surface area (Å²) >= 11 is 3.38. The highest BCUT2D eigenvalue weighted by molar-refractivity contribution is 9.10. The molecule has 4 nitrogen and oxygen atoms in total. The summed E-state index contributed by atoms with van der Waals surface area (Å²) in [5, 5.41) is 2.92. The molecule has 0 fully saturated rings. The molecule has 19 heavy (non-hydrogen) atoms. The van der Waals surface area contributed by atoms with Gasteiger partial charge in [0.25, 0.3) is 0 Å². The van der Waals surface area contributed by atoms with Crippen LogP contribution in [0.1, 0.15) is 24.9 Å². The predicted octanol–water partition coefficient (Wildman–Crippen LogP) is 2.41. The summed E-state index contributed by atoms with van der Waals surface area (Å²) in [6, 6.07) is 7.84. The quantitative estimate of drug-likeness (QED) is 0.827. The van der Waals surface area contributed by atoms with Crippen LogP contribution in [0.15, 0.2) is 28.7 Å². The number of benzene rings is 1. The Morgan fingerprint density at radius 3 is 2.47 bits per heavy atom. The second-order valence-electron chi connectivity index (χ2n) is 4.14. The standard InChI is InChI=1S/C13H19BrN2O2.ClH/c1-9(10-3-5-11(14)6-4-10)16-13(17)7-12(8-15)18-2;/h3-6,9,12H,7-8,15H2,1-2H3,(H,16,17);1H. The third-order valence-corrected chi connectivity index (χ3v) is 3.29. The monoisotopic (exact) mass is 350 g/mol. The molecule has 0 radical (unpaired) electrons. The topological polar surface area (TPSA) is 64.3 Å². The molecule has 6 heteroatoms. The van der Waals surface area contributed by atoms with E-state index in [4.69, 9.17) is 10.5 Å². The van der Waals surface area contributed by atoms with Crippen molar-refractivity contribution in [3.63, 3.8) is 0 Å². The third kappa shape index (κ3) is 6.38. The minimum atomic E-state index is -0.220. The van der Waals surface area contributed by atoms with Gasteiger partial charge in [-0.3, -0.25) is 4.79 Å². The Bertz CT molecular complexity index is 383. The zero-order valence-corrected chi connectivity index (χ0v) is 13.5. The highest BCUT2D eigenvalue weighted by Gasteiger charge is 2.14. The first-order valence-electron chi connectivity index (χ1n) is 5.84. The number of nitrogens with two attached hydrogens (primary N) is 1. The van der Waals surface area contributed by atoms with Crippen molar-refractivity contribution in [3.8, 4) is 0 Å². The summed E-state index contributed by atoms with van der Waals surface area (Å²) in [7, 11) is 1.56. The van der Waals surface area contributed by atoms with Crippen molar-refractivity contribution < 1.29 is 9.53 Å². The summed E-state index contributed by atoms with van der Waals surface area (Å²) in [6.07, 6.45) is 0.0653. The molecule has 0 aliphatic rings. The summed E-state index contributed by atoms with van der Waals surface area (Å²) < 4.78 is 6.10. The first-order valence-corrected chi connectivity index (χ1v) is 6.63. The second kappa shape index (κ2) is 9.31. The molecular weight excluding hydrogens is 332 g/mol. The Kier molecular flexibility index (Phi) is 9.01. The predicted molar refractivity (Wildman–Crippen MR) is 82.4 cm³/mol. The van der Waals surface area contributed by atoms with Gasteiger partial charge in [0.15, 0.2) is 0 Å². The molecule has 1 aromatic rings. The van der Waals surface area contributed by atoms with Gasteiger partial charge in [-0.05, 0) is 24.6 Å². The van der Waals surface area contributed by atoms with E-state index < -0.39 is 0 Å². The average molecular weight is 352 g/mol. The molecule has 0 aliphatic carbocycles. The van der Waals surface area contributed by atoms with Crippen molar-refractivity contribution in [2.45, 2.75) is 25.5 Å². The van der Waals surface area contributed by atoms with E-state index >= 15 is 0 Å². The van der Waals surface area contributed by atoms with Crippen LogP contribution in [0, 0.1) is 0 Å². The Hall–Kier alpha value is -0.620. The maximum absolute atomic E-state index is 11.8. The van der Waals surface area contributed by atoms with Crippen molar-refractivity contribution in [3.05, 3.63) is 34.3 Å². The summed E-state index contributed by atoms with van der Waals surface area (Å²) in [4.78, 5) is 11.8. The minimum Gasteiger partial charge on any atom is -0.380 e. The van der Waals surface area contributed by atoms with Gasteiger partial charge in [0.1, 0.15) is 0 Å². The maximum Gasteiger partial charge on any atom is 0.223 e. The molecule has 0 saturated heterocycles. The van der Waals surface area contributed by atoms with E-state index in [-0.39, 0.29) is 36.9 Å². The van der Waals surface area contributed by atoms with Gasteiger partial charge in [0, 0.05) is 18.1 Å². The van der Waals surface area contributed by atoms with E-state index in [1.54, 1.807) is 7.11 Å². The molecular formula is C13H20BrClN2O2. The lowest BCUT2D eigenvalue weighted by atomic mass is 10.1. The Morgan fingerprint density at radius 1 is 1.42 bits per heavy atom. The van der Waals surface area contributed by atoms with Gasteiger partial charge in [-0.1, -0.05) is 28.1 Å². The zero-order valence-electron chi connectivity index (χ0n) is 11.1. The average Bonchev–Trinajstić information content (AvgIpc) is 2.36. The summed E-state index contributed by atoms with van der Waals surface area (Å²) in [5.74, 6) is -0.0530. The Labute approximate surface area is 128 Å². The van der Waals surface area contributed by atoms with Crippen LogP contribution < -0.4 is 11.1 Å². The lowest BCUT2D eigenvalue weighted by molar-refractivity contribution is -0.124. The van der Waals surface area contributed by atoms with Crippen LogP contribution in [0.4, 0.5) is 0 Å². The van der Waals surface area contributed by atoms with Crippen LogP contribution in [0.5, 0.6) is 0 Å². The highest BCUT2D eigenvalue weighted by Crippen LogP contribution is 2.16. The van der Waals surface area contributed by atoms with Gasteiger partial charge in [0.05, 0.1) is 18.6 Å². The Morgan fingerprint density at radius 2 is 2.00 bits per heavy atom. The molecule has 0 heterocycles. The number of halogens is 2. The highest BCUT2D eigenvalue weighted by atomic mass is 79.9. The smallest absolute Gasteiger partial charge is 0.223 e. The fraction of sp³-hybridized carbons (Fsp3) is 0.462. The summed E-state index contributed by atoms with van der Waals surface area (Å²) in [5.41, 5.74) is 6.54. The molecule has 2 unspecified atom stereocenters. The third-order valence-electron chi connectivity index (χ3n) is 2.76. The molecule has 0 aromatic heterocycles. The van der Waals surface area contributed by atoms with Crippen molar-refractivity contribution in [2.75, 3.05) is 13.7 Å². The van der Waals surface area contributed by atoms with E-state index in [0.29, 0.717) is 6.54 Å². The molecule has 2 atom stereocenters. The van der Waals surface area contributed by atoms with Crippen LogP contribution >= 0.6 is 28.3 Å². The molecule has 0 aliphatic heterocycles. The number of amides is 1. The molecule has 0 bridgehead atoms. The molecule has 1 aromatic carbocycles. The molecule has 1 amide bonds. The van der Waals surface area contributed by atoms with Crippen LogP contribution in [0.25, 0.3) is 0 Å². The number of hydrogen-bond donors (Lipinski definition) is 2. The van der Waals surface area contributed by atoms with Crippen molar-refractivity contribution in [1.82, 2.24) is 5.32 Å². The van der Waals surface area contributed by atoms with Gasteiger partial charge in [-0.15, -0.1) is 12.4 Å². The number of carbonyl (C=O) groups is 1. The molecule has 1 rings (SSSR count). The first-order chi connectivity index (χ1) is 8.56. The largest absolute Gasteiger partial charge is 0.380 e. The van der Waals surface area contributed by atoms with Crippen LogP contribution in [-0.2, 0) is 9.53 Å². The van der Waals surface area contributed by atoms with Crippen LogP contribution in [-0.4, -0.2) is 25.7 Å². The van der Waals surface area contributed by atoms with E-state index in [1.807, 2.05) is 31.2 Å². The van der Waals surface area contributed by atoms with Crippen LogP contribution in [0.2, 0.25) is 0 Å². The molecule has 0 spiro atoms. The van der Waals surface area contributed by atoms with Gasteiger partial charge in [-0.2, -0.15) is 0 Å². The van der Waals surface area contributed by atoms with Gasteiger partial charge in [-0.25, -0.2) is 0 Å². The fourth-order valence-corrected chi connectivity index (χ4v) is 1.87. The SMILES string of the molecule is COC(CN)CC(=O)NC(C)c1ccc(Br)cc1.Cl.